The third-order valence-electron chi connectivity index (χ3n) is 4.01. The molecule has 0 saturated carbocycles. The molecule has 1 fully saturated rings. The summed E-state index contributed by atoms with van der Waals surface area (Å²) in [6.07, 6.45) is 0. The molecule has 2 amide bonds. The van der Waals surface area contributed by atoms with Gasteiger partial charge < -0.3 is 15.4 Å². The number of urea groups is 1. The van der Waals surface area contributed by atoms with Crippen LogP contribution in [0.1, 0.15) is 44.9 Å². The van der Waals surface area contributed by atoms with E-state index in [0.717, 1.165) is 5.56 Å². The molecule has 0 unspecified atom stereocenters. The summed E-state index contributed by atoms with van der Waals surface area (Å²) in [5, 5.41) is 5.36. The van der Waals surface area contributed by atoms with Crippen molar-refractivity contribution in [3.8, 4) is 0 Å². The summed E-state index contributed by atoms with van der Waals surface area (Å²) < 4.78 is 5.15. The Morgan fingerprint density at radius 2 is 1.92 bits per heavy atom. The van der Waals surface area contributed by atoms with Gasteiger partial charge in [0.25, 0.3) is 0 Å². The summed E-state index contributed by atoms with van der Waals surface area (Å²) in [6, 6.07) is 6.94. The minimum Gasteiger partial charge on any atom is -0.465 e. The molecule has 1 aliphatic rings. The SMILES string of the molecule is CCOC(=O)[C@H]1/C(=C\Cl)NC(=O)N[C@@H]1c1ccc(C(C)(C)C)cc1. The standard InChI is InChI=1S/C18H23ClN2O3/c1-5-24-16(22)14-13(10-19)20-17(23)21-15(14)11-6-8-12(9-7-11)18(2,3)4/h6-10,14-15H,5H2,1-4H3,(H2,20,21,23)/b13-10+/t14-,15+/m0/s1. The number of hydrogen-bond acceptors (Lipinski definition) is 3. The van der Waals surface area contributed by atoms with Crippen LogP contribution < -0.4 is 10.6 Å². The maximum absolute atomic E-state index is 12.4. The average molecular weight is 351 g/mol. The van der Waals surface area contributed by atoms with Crippen LogP contribution in [0.2, 0.25) is 0 Å². The van der Waals surface area contributed by atoms with Crippen molar-refractivity contribution in [3.05, 3.63) is 46.6 Å². The van der Waals surface area contributed by atoms with Gasteiger partial charge in [0.1, 0.15) is 5.92 Å². The third-order valence-corrected chi connectivity index (χ3v) is 4.24. The van der Waals surface area contributed by atoms with Gasteiger partial charge >= 0.3 is 12.0 Å². The van der Waals surface area contributed by atoms with Crippen molar-refractivity contribution in [2.45, 2.75) is 39.2 Å². The zero-order valence-corrected chi connectivity index (χ0v) is 15.1. The Balaban J connectivity index is 2.39. The molecule has 1 aromatic carbocycles. The predicted octanol–water partition coefficient (Wildman–Crippen LogP) is 3.60. The molecular weight excluding hydrogens is 328 g/mol. The van der Waals surface area contributed by atoms with Gasteiger partial charge in [-0.15, -0.1) is 0 Å². The van der Waals surface area contributed by atoms with E-state index in [1.54, 1.807) is 6.92 Å². The minimum absolute atomic E-state index is 0.0254. The van der Waals surface area contributed by atoms with Crippen LogP contribution >= 0.6 is 11.6 Å². The van der Waals surface area contributed by atoms with Crippen LogP contribution in [0.15, 0.2) is 35.5 Å². The molecule has 2 rings (SSSR count). The summed E-state index contributed by atoms with van der Waals surface area (Å²) in [4.78, 5) is 24.3. The molecule has 1 heterocycles. The van der Waals surface area contributed by atoms with Crippen molar-refractivity contribution in [2.75, 3.05) is 6.61 Å². The number of benzene rings is 1. The average Bonchev–Trinajstić information content (AvgIpc) is 2.53. The van der Waals surface area contributed by atoms with Gasteiger partial charge in [0, 0.05) is 11.2 Å². The summed E-state index contributed by atoms with van der Waals surface area (Å²) in [5.74, 6) is -1.14. The highest BCUT2D eigenvalue weighted by Crippen LogP contribution is 2.32. The van der Waals surface area contributed by atoms with Crippen LogP contribution in [0.5, 0.6) is 0 Å². The lowest BCUT2D eigenvalue weighted by Gasteiger charge is -2.33. The second-order valence-electron chi connectivity index (χ2n) is 6.74. The minimum atomic E-state index is -0.708. The summed E-state index contributed by atoms with van der Waals surface area (Å²) in [7, 11) is 0. The molecule has 5 nitrogen and oxygen atoms in total. The Kier molecular flexibility index (Phi) is 5.54. The van der Waals surface area contributed by atoms with Crippen molar-refractivity contribution in [1.82, 2.24) is 10.6 Å². The predicted molar refractivity (Wildman–Crippen MR) is 93.6 cm³/mol. The lowest BCUT2D eigenvalue weighted by atomic mass is 9.84. The van der Waals surface area contributed by atoms with Crippen molar-refractivity contribution in [2.24, 2.45) is 5.92 Å². The zero-order chi connectivity index (χ0) is 17.9. The summed E-state index contributed by atoms with van der Waals surface area (Å²) in [6.45, 7) is 8.39. The molecule has 0 aromatic heterocycles. The van der Waals surface area contributed by atoms with Gasteiger partial charge in [-0.25, -0.2) is 4.79 Å². The van der Waals surface area contributed by atoms with E-state index in [-0.39, 0.29) is 12.0 Å². The Morgan fingerprint density at radius 1 is 1.29 bits per heavy atom. The fourth-order valence-corrected chi connectivity index (χ4v) is 2.90. The highest BCUT2D eigenvalue weighted by Gasteiger charge is 2.39. The number of hydrogen-bond donors (Lipinski definition) is 2. The number of carbonyl (C=O) groups excluding carboxylic acids is 2. The molecule has 1 aromatic rings. The number of nitrogens with one attached hydrogen (secondary N) is 2. The maximum atomic E-state index is 12.4. The lowest BCUT2D eigenvalue weighted by molar-refractivity contribution is -0.147. The Hall–Kier alpha value is -2.01. The molecule has 24 heavy (non-hydrogen) atoms. The normalized spacial score (nSPS) is 22.7. The van der Waals surface area contributed by atoms with Crippen molar-refractivity contribution < 1.29 is 14.3 Å². The van der Waals surface area contributed by atoms with E-state index in [0.29, 0.717) is 5.70 Å². The molecule has 130 valence electrons. The first-order valence-electron chi connectivity index (χ1n) is 7.92. The van der Waals surface area contributed by atoms with E-state index in [4.69, 9.17) is 16.3 Å². The van der Waals surface area contributed by atoms with Crippen molar-refractivity contribution in [1.29, 1.82) is 0 Å². The van der Waals surface area contributed by atoms with E-state index in [1.165, 1.54) is 11.1 Å². The monoisotopic (exact) mass is 350 g/mol. The first-order chi connectivity index (χ1) is 11.3. The molecule has 0 aliphatic carbocycles. The number of halogens is 1. The first kappa shape index (κ1) is 18.3. The number of rotatable bonds is 3. The third kappa shape index (κ3) is 3.90. The molecule has 1 aliphatic heterocycles. The highest BCUT2D eigenvalue weighted by molar-refractivity contribution is 6.26. The van der Waals surface area contributed by atoms with Crippen LogP contribution in [-0.2, 0) is 14.9 Å². The van der Waals surface area contributed by atoms with E-state index >= 15 is 0 Å². The molecule has 1 saturated heterocycles. The zero-order valence-electron chi connectivity index (χ0n) is 14.4. The van der Waals surface area contributed by atoms with Gasteiger partial charge in [-0.3, -0.25) is 4.79 Å². The molecule has 6 heteroatoms. The summed E-state index contributed by atoms with van der Waals surface area (Å²) >= 11 is 5.81. The maximum Gasteiger partial charge on any atom is 0.319 e. The number of ether oxygens (including phenoxy) is 1. The van der Waals surface area contributed by atoms with E-state index < -0.39 is 24.0 Å². The van der Waals surface area contributed by atoms with Gasteiger partial charge in [0.15, 0.2) is 0 Å². The van der Waals surface area contributed by atoms with Gasteiger partial charge in [0.05, 0.1) is 12.6 Å². The second-order valence-corrected chi connectivity index (χ2v) is 6.96. The fourth-order valence-electron chi connectivity index (χ4n) is 2.71. The fraction of sp³-hybridized carbons (Fsp3) is 0.444. The largest absolute Gasteiger partial charge is 0.465 e. The van der Waals surface area contributed by atoms with Gasteiger partial charge in [-0.05, 0) is 23.5 Å². The van der Waals surface area contributed by atoms with E-state index in [2.05, 4.69) is 31.4 Å². The van der Waals surface area contributed by atoms with Crippen LogP contribution in [0, 0.1) is 5.92 Å². The quantitative estimate of drug-likeness (QED) is 0.818. The Labute approximate surface area is 147 Å². The van der Waals surface area contributed by atoms with Crippen LogP contribution in [0.25, 0.3) is 0 Å². The Bertz CT molecular complexity index is 647. The second kappa shape index (κ2) is 7.26. The molecule has 2 N–H and O–H groups in total. The lowest BCUT2D eigenvalue weighted by Crippen LogP contribution is -2.51. The van der Waals surface area contributed by atoms with Crippen molar-refractivity contribution in [3.63, 3.8) is 0 Å². The smallest absolute Gasteiger partial charge is 0.319 e. The Morgan fingerprint density at radius 3 is 2.42 bits per heavy atom. The number of carbonyl (C=O) groups is 2. The number of esters is 1. The topological polar surface area (TPSA) is 67.4 Å². The van der Waals surface area contributed by atoms with E-state index in [1.807, 2.05) is 24.3 Å². The molecule has 0 spiro atoms. The van der Waals surface area contributed by atoms with Crippen LogP contribution in [0.3, 0.4) is 0 Å². The van der Waals surface area contributed by atoms with Crippen molar-refractivity contribution >= 4 is 23.6 Å². The number of amides is 2. The molecule has 2 atom stereocenters. The van der Waals surface area contributed by atoms with Crippen LogP contribution in [0.4, 0.5) is 4.79 Å². The van der Waals surface area contributed by atoms with E-state index in [9.17, 15) is 9.59 Å². The highest BCUT2D eigenvalue weighted by atomic mass is 35.5. The van der Waals surface area contributed by atoms with Gasteiger partial charge in [-0.1, -0.05) is 56.6 Å². The van der Waals surface area contributed by atoms with Crippen LogP contribution in [-0.4, -0.2) is 18.6 Å². The van der Waals surface area contributed by atoms with Gasteiger partial charge in [0.2, 0.25) is 0 Å². The molecular formula is C18H23ClN2O3. The molecule has 0 radical (unpaired) electrons. The molecule has 0 bridgehead atoms. The first-order valence-corrected chi connectivity index (χ1v) is 8.36. The summed E-state index contributed by atoms with van der Waals surface area (Å²) in [5.41, 5.74) is 3.58. The van der Waals surface area contributed by atoms with Gasteiger partial charge in [-0.2, -0.15) is 0 Å².